The van der Waals surface area contributed by atoms with E-state index < -0.39 is 0 Å². The van der Waals surface area contributed by atoms with Crippen LogP contribution in [0.25, 0.3) is 10.9 Å². The largest absolute Gasteiger partial charge is 0.361 e. The summed E-state index contributed by atoms with van der Waals surface area (Å²) in [5.74, 6) is 1.40. The minimum absolute atomic E-state index is 0.0463. The lowest BCUT2D eigenvalue weighted by Crippen LogP contribution is -2.39. The van der Waals surface area contributed by atoms with E-state index in [1.807, 2.05) is 0 Å². The van der Waals surface area contributed by atoms with E-state index in [0.717, 1.165) is 62.8 Å². The summed E-state index contributed by atoms with van der Waals surface area (Å²) in [5, 5.41) is 1.27. The maximum absolute atomic E-state index is 12.7. The Kier molecular flexibility index (Phi) is 4.43. The Labute approximate surface area is 164 Å². The Morgan fingerprint density at radius 3 is 3.04 bits per heavy atom. The van der Waals surface area contributed by atoms with Crippen LogP contribution >= 0.6 is 0 Å². The number of fused-ring (bicyclic) bond motifs is 2. The second kappa shape index (κ2) is 7.09. The molecule has 0 spiro atoms. The minimum Gasteiger partial charge on any atom is -0.361 e. The van der Waals surface area contributed by atoms with Crippen LogP contribution in [0.4, 0.5) is 5.95 Å². The molecule has 0 radical (unpaired) electrons. The fourth-order valence-electron chi connectivity index (χ4n) is 4.65. The van der Waals surface area contributed by atoms with E-state index in [1.54, 1.807) is 0 Å². The number of piperidine rings is 1. The number of nitrogens with zero attached hydrogens (tertiary/aromatic N) is 3. The molecule has 1 atom stereocenters. The van der Waals surface area contributed by atoms with Crippen LogP contribution in [0.5, 0.6) is 0 Å². The van der Waals surface area contributed by atoms with Crippen LogP contribution in [-0.2, 0) is 19.5 Å². The van der Waals surface area contributed by atoms with Gasteiger partial charge in [-0.1, -0.05) is 25.1 Å². The highest BCUT2D eigenvalue weighted by molar-refractivity contribution is 5.82. The molecule has 1 saturated heterocycles. The molecule has 4 heterocycles. The zero-order chi connectivity index (χ0) is 19.1. The van der Waals surface area contributed by atoms with Gasteiger partial charge in [0.15, 0.2) is 0 Å². The maximum atomic E-state index is 12.7. The van der Waals surface area contributed by atoms with Crippen molar-refractivity contribution >= 4 is 16.9 Å². The number of nitrogens with one attached hydrogen (secondary N) is 2. The summed E-state index contributed by atoms with van der Waals surface area (Å²) in [6.45, 7) is 6.71. The molecule has 1 unspecified atom stereocenters. The number of hydrogen-bond acceptors (Lipinski definition) is 4. The van der Waals surface area contributed by atoms with Gasteiger partial charge in [0.25, 0.3) is 5.56 Å². The first-order valence-corrected chi connectivity index (χ1v) is 10.3. The number of rotatable bonds is 3. The molecule has 2 aliphatic rings. The molecule has 1 aromatic carbocycles. The third kappa shape index (κ3) is 3.22. The van der Waals surface area contributed by atoms with Gasteiger partial charge in [-0.25, -0.2) is 4.98 Å². The van der Waals surface area contributed by atoms with E-state index in [1.165, 1.54) is 22.9 Å². The van der Waals surface area contributed by atoms with Crippen molar-refractivity contribution in [2.45, 2.75) is 39.3 Å². The summed E-state index contributed by atoms with van der Waals surface area (Å²) in [6.07, 6.45) is 5.28. The standard InChI is InChI=1S/C22H27N5O/c1-15-5-4-9-27(12-15)22-24-20-14-26(10-8-18(20)21(28)25-22)13-16-11-23-19-7-3-2-6-17(16)19/h2-3,6-7,11,15,23H,4-5,8-10,12-14H2,1H3,(H,24,25,28). The van der Waals surface area contributed by atoms with E-state index in [-0.39, 0.29) is 5.56 Å². The van der Waals surface area contributed by atoms with E-state index in [0.29, 0.717) is 5.92 Å². The number of hydrogen-bond donors (Lipinski definition) is 2. The van der Waals surface area contributed by atoms with Crippen LogP contribution < -0.4 is 10.5 Å². The number of benzene rings is 1. The van der Waals surface area contributed by atoms with E-state index in [4.69, 9.17) is 4.98 Å². The molecule has 3 aromatic rings. The summed E-state index contributed by atoms with van der Waals surface area (Å²) < 4.78 is 0. The SMILES string of the molecule is CC1CCCN(c2nc3c(c(=O)[nH]2)CCN(Cc2c[nH]c4ccccc24)C3)C1. The van der Waals surface area contributed by atoms with E-state index in [2.05, 4.69) is 57.2 Å². The monoisotopic (exact) mass is 377 g/mol. The Bertz CT molecular complexity index is 1050. The smallest absolute Gasteiger partial charge is 0.255 e. The Morgan fingerprint density at radius 2 is 2.14 bits per heavy atom. The quantitative estimate of drug-likeness (QED) is 0.736. The highest BCUT2D eigenvalue weighted by Crippen LogP contribution is 2.24. The van der Waals surface area contributed by atoms with Gasteiger partial charge in [-0.15, -0.1) is 0 Å². The van der Waals surface area contributed by atoms with Crippen LogP contribution in [0.1, 0.15) is 36.6 Å². The predicted molar refractivity (Wildman–Crippen MR) is 112 cm³/mol. The van der Waals surface area contributed by atoms with E-state index in [9.17, 15) is 4.79 Å². The van der Waals surface area contributed by atoms with Gasteiger partial charge < -0.3 is 9.88 Å². The van der Waals surface area contributed by atoms with Gasteiger partial charge in [0.05, 0.1) is 5.69 Å². The second-order valence-corrected chi connectivity index (χ2v) is 8.33. The van der Waals surface area contributed by atoms with Gasteiger partial charge in [-0.05, 0) is 36.8 Å². The van der Waals surface area contributed by atoms with Crippen molar-refractivity contribution in [3.63, 3.8) is 0 Å². The number of para-hydroxylation sites is 1. The lowest BCUT2D eigenvalue weighted by Gasteiger charge is -2.33. The molecule has 2 aromatic heterocycles. The number of H-pyrrole nitrogens is 2. The molecule has 2 N–H and O–H groups in total. The molecule has 1 fully saturated rings. The average molecular weight is 377 g/mol. The highest BCUT2D eigenvalue weighted by atomic mass is 16.1. The topological polar surface area (TPSA) is 68.0 Å². The van der Waals surface area contributed by atoms with Gasteiger partial charge in [-0.2, -0.15) is 0 Å². The molecule has 0 bridgehead atoms. The van der Waals surface area contributed by atoms with Crippen molar-refractivity contribution in [3.05, 3.63) is 57.6 Å². The molecule has 0 saturated carbocycles. The first-order chi connectivity index (χ1) is 13.7. The molecule has 6 nitrogen and oxygen atoms in total. The molecule has 6 heteroatoms. The fraction of sp³-hybridized carbons (Fsp3) is 0.455. The van der Waals surface area contributed by atoms with Crippen molar-refractivity contribution in [1.82, 2.24) is 19.9 Å². The lowest BCUT2D eigenvalue weighted by molar-refractivity contribution is 0.241. The maximum Gasteiger partial charge on any atom is 0.255 e. The van der Waals surface area contributed by atoms with Crippen molar-refractivity contribution in [3.8, 4) is 0 Å². The molecule has 146 valence electrons. The third-order valence-electron chi connectivity index (χ3n) is 6.17. The average Bonchev–Trinajstić information content (AvgIpc) is 3.11. The van der Waals surface area contributed by atoms with Gasteiger partial charge >= 0.3 is 0 Å². The molecule has 5 rings (SSSR count). The van der Waals surface area contributed by atoms with Gasteiger partial charge in [-0.3, -0.25) is 14.7 Å². The van der Waals surface area contributed by atoms with Crippen LogP contribution in [0.2, 0.25) is 0 Å². The predicted octanol–water partition coefficient (Wildman–Crippen LogP) is 3.05. The Morgan fingerprint density at radius 1 is 1.25 bits per heavy atom. The minimum atomic E-state index is 0.0463. The van der Waals surface area contributed by atoms with Crippen LogP contribution in [0.15, 0.2) is 35.3 Å². The summed E-state index contributed by atoms with van der Waals surface area (Å²) in [7, 11) is 0. The van der Waals surface area contributed by atoms with Gasteiger partial charge in [0.1, 0.15) is 0 Å². The normalized spacial score (nSPS) is 20.5. The number of aromatic nitrogens is 3. The summed E-state index contributed by atoms with van der Waals surface area (Å²) >= 11 is 0. The number of aromatic amines is 2. The molecule has 0 amide bonds. The van der Waals surface area contributed by atoms with Crippen molar-refractivity contribution < 1.29 is 0 Å². The molecule has 28 heavy (non-hydrogen) atoms. The van der Waals surface area contributed by atoms with Crippen molar-refractivity contribution in [1.29, 1.82) is 0 Å². The molecule has 2 aliphatic heterocycles. The van der Waals surface area contributed by atoms with Crippen molar-refractivity contribution in [2.24, 2.45) is 5.92 Å². The highest BCUT2D eigenvalue weighted by Gasteiger charge is 2.24. The molecular formula is C22H27N5O. The number of anilines is 1. The van der Waals surface area contributed by atoms with Gasteiger partial charge in [0.2, 0.25) is 5.95 Å². The van der Waals surface area contributed by atoms with Crippen molar-refractivity contribution in [2.75, 3.05) is 24.5 Å². The zero-order valence-corrected chi connectivity index (χ0v) is 16.4. The summed E-state index contributed by atoms with van der Waals surface area (Å²) in [4.78, 5) is 28.6. The van der Waals surface area contributed by atoms with E-state index >= 15 is 0 Å². The van der Waals surface area contributed by atoms with Crippen LogP contribution in [0, 0.1) is 5.92 Å². The Hall–Kier alpha value is -2.60. The first-order valence-electron chi connectivity index (χ1n) is 10.3. The first kappa shape index (κ1) is 17.5. The molecule has 0 aliphatic carbocycles. The fourth-order valence-corrected chi connectivity index (χ4v) is 4.65. The Balaban J connectivity index is 1.39. The lowest BCUT2D eigenvalue weighted by atomic mass is 10.0. The summed E-state index contributed by atoms with van der Waals surface area (Å²) in [6, 6.07) is 8.41. The van der Waals surface area contributed by atoms with Crippen LogP contribution in [0.3, 0.4) is 0 Å². The second-order valence-electron chi connectivity index (χ2n) is 8.33. The summed E-state index contributed by atoms with van der Waals surface area (Å²) in [5.41, 5.74) is 4.33. The molecular weight excluding hydrogens is 350 g/mol. The van der Waals surface area contributed by atoms with Gasteiger partial charge in [0, 0.05) is 55.4 Å². The van der Waals surface area contributed by atoms with Crippen LogP contribution in [-0.4, -0.2) is 39.5 Å². The zero-order valence-electron chi connectivity index (χ0n) is 16.4. The third-order valence-corrected chi connectivity index (χ3v) is 6.17.